The Hall–Kier alpha value is -0.780. The van der Waals surface area contributed by atoms with Gasteiger partial charge in [0.1, 0.15) is 11.8 Å². The van der Waals surface area contributed by atoms with Gasteiger partial charge in [-0.15, -0.1) is 12.4 Å². The molecule has 1 aliphatic rings. The molecule has 1 aromatic rings. The lowest BCUT2D eigenvalue weighted by atomic mass is 9.95. The Morgan fingerprint density at radius 1 is 1.56 bits per heavy atom. The van der Waals surface area contributed by atoms with Gasteiger partial charge in [-0.05, 0) is 52.4 Å². The van der Waals surface area contributed by atoms with E-state index in [4.69, 9.17) is 15.6 Å². The topological polar surface area (TPSA) is 72.5 Å². The number of rotatable bonds is 3. The Bertz CT molecular complexity index is 453. The van der Waals surface area contributed by atoms with Crippen LogP contribution in [0.4, 0.5) is 0 Å². The Balaban J connectivity index is 0.00000162. The van der Waals surface area contributed by atoms with Gasteiger partial charge in [-0.2, -0.15) is 0 Å². The first-order chi connectivity index (χ1) is 8.09. The molecule has 1 aliphatic heterocycles. The van der Waals surface area contributed by atoms with Crippen molar-refractivity contribution in [3.05, 3.63) is 27.7 Å². The molecule has 3 N–H and O–H groups in total. The van der Waals surface area contributed by atoms with Crippen molar-refractivity contribution in [1.29, 1.82) is 0 Å². The van der Waals surface area contributed by atoms with E-state index in [0.717, 1.165) is 34.2 Å². The summed E-state index contributed by atoms with van der Waals surface area (Å²) in [5.74, 6) is -0.135. The minimum Gasteiger partial charge on any atom is -0.492 e. The van der Waals surface area contributed by atoms with Gasteiger partial charge in [-0.25, -0.2) is 0 Å². The highest BCUT2D eigenvalue weighted by Crippen LogP contribution is 2.35. The summed E-state index contributed by atoms with van der Waals surface area (Å²) >= 11 is 3.44. The molecule has 1 heterocycles. The maximum absolute atomic E-state index is 10.8. The molecule has 0 aliphatic carbocycles. The van der Waals surface area contributed by atoms with Gasteiger partial charge in [0, 0.05) is 0 Å². The van der Waals surface area contributed by atoms with E-state index >= 15 is 0 Å². The number of halogens is 2. The van der Waals surface area contributed by atoms with Gasteiger partial charge in [0.25, 0.3) is 0 Å². The zero-order valence-corrected chi connectivity index (χ0v) is 12.1. The van der Waals surface area contributed by atoms with Crippen LogP contribution in [-0.2, 0) is 17.6 Å². The highest BCUT2D eigenvalue weighted by atomic mass is 79.9. The number of aliphatic carboxylic acids is 1. The lowest BCUT2D eigenvalue weighted by Gasteiger charge is -2.22. The van der Waals surface area contributed by atoms with Crippen LogP contribution in [-0.4, -0.2) is 23.7 Å². The zero-order chi connectivity index (χ0) is 12.4. The van der Waals surface area contributed by atoms with Crippen molar-refractivity contribution in [2.75, 3.05) is 6.61 Å². The molecule has 1 aromatic carbocycles. The van der Waals surface area contributed by atoms with Crippen LogP contribution >= 0.6 is 28.3 Å². The number of fused-ring (bicyclic) bond motifs is 1. The molecule has 0 radical (unpaired) electrons. The summed E-state index contributed by atoms with van der Waals surface area (Å²) < 4.78 is 6.52. The number of ether oxygens (including phenoxy) is 1. The molecule has 6 heteroatoms. The predicted molar refractivity (Wildman–Crippen MR) is 74.5 cm³/mol. The lowest BCUT2D eigenvalue weighted by Crippen LogP contribution is -2.32. The van der Waals surface area contributed by atoms with Crippen molar-refractivity contribution >= 4 is 34.3 Å². The van der Waals surface area contributed by atoms with Gasteiger partial charge in [-0.1, -0.05) is 6.07 Å². The second-order valence-corrected chi connectivity index (χ2v) is 4.97. The average molecular weight is 337 g/mol. The molecule has 0 bridgehead atoms. The maximum Gasteiger partial charge on any atom is 0.320 e. The van der Waals surface area contributed by atoms with Crippen molar-refractivity contribution in [1.82, 2.24) is 0 Å². The van der Waals surface area contributed by atoms with Crippen LogP contribution in [0.5, 0.6) is 5.75 Å². The average Bonchev–Trinajstić information content (AvgIpc) is 2.33. The van der Waals surface area contributed by atoms with Crippen LogP contribution in [0.3, 0.4) is 0 Å². The summed E-state index contributed by atoms with van der Waals surface area (Å²) in [6.07, 6.45) is 2.21. The molecule has 18 heavy (non-hydrogen) atoms. The monoisotopic (exact) mass is 335 g/mol. The summed E-state index contributed by atoms with van der Waals surface area (Å²) in [5.41, 5.74) is 7.62. The van der Waals surface area contributed by atoms with E-state index in [-0.39, 0.29) is 12.4 Å². The first-order valence-electron chi connectivity index (χ1n) is 5.51. The third-order valence-corrected chi connectivity index (χ3v) is 3.51. The third-order valence-electron chi connectivity index (χ3n) is 2.88. The molecule has 0 saturated heterocycles. The van der Waals surface area contributed by atoms with E-state index in [1.165, 1.54) is 0 Å². The summed E-state index contributed by atoms with van der Waals surface area (Å²) in [7, 11) is 0. The van der Waals surface area contributed by atoms with E-state index in [1.807, 2.05) is 12.1 Å². The van der Waals surface area contributed by atoms with E-state index in [0.29, 0.717) is 13.0 Å². The number of nitrogens with two attached hydrogens (primary N) is 1. The van der Waals surface area contributed by atoms with E-state index in [2.05, 4.69) is 15.9 Å². The second kappa shape index (κ2) is 6.41. The molecule has 2 rings (SSSR count). The van der Waals surface area contributed by atoms with Crippen LogP contribution in [0.2, 0.25) is 0 Å². The minimum atomic E-state index is -0.974. The molecule has 1 unspecified atom stereocenters. The Kier molecular flexibility index (Phi) is 5.44. The van der Waals surface area contributed by atoms with Crippen molar-refractivity contribution in [2.24, 2.45) is 5.73 Å². The highest BCUT2D eigenvalue weighted by molar-refractivity contribution is 9.10. The fraction of sp³-hybridized carbons (Fsp3) is 0.417. The largest absolute Gasteiger partial charge is 0.492 e. The smallest absolute Gasteiger partial charge is 0.320 e. The maximum atomic E-state index is 10.8. The molecular formula is C12H15BrClNO3. The van der Waals surface area contributed by atoms with Gasteiger partial charge in [0.2, 0.25) is 0 Å². The van der Waals surface area contributed by atoms with Crippen LogP contribution in [0, 0.1) is 0 Å². The predicted octanol–water partition coefficient (Wildman–Crippen LogP) is 2.15. The van der Waals surface area contributed by atoms with Crippen LogP contribution in [0.25, 0.3) is 0 Å². The Morgan fingerprint density at radius 2 is 2.28 bits per heavy atom. The van der Waals surface area contributed by atoms with Crippen molar-refractivity contribution in [2.45, 2.75) is 25.3 Å². The summed E-state index contributed by atoms with van der Waals surface area (Å²) in [4.78, 5) is 10.8. The van der Waals surface area contributed by atoms with Gasteiger partial charge in [0.15, 0.2) is 0 Å². The SMILES string of the molecule is Cl.NC(Cc1ccc(Br)c2c1CCCO2)C(=O)O. The van der Waals surface area contributed by atoms with E-state index in [9.17, 15) is 4.79 Å². The molecule has 0 amide bonds. The van der Waals surface area contributed by atoms with Gasteiger partial charge in [0.05, 0.1) is 11.1 Å². The Labute approximate surface area is 120 Å². The fourth-order valence-electron chi connectivity index (χ4n) is 2.01. The molecule has 0 spiro atoms. The van der Waals surface area contributed by atoms with Crippen LogP contribution in [0.1, 0.15) is 17.5 Å². The van der Waals surface area contributed by atoms with Crippen molar-refractivity contribution in [3.63, 3.8) is 0 Å². The summed E-state index contributed by atoms with van der Waals surface area (Å²) in [6.45, 7) is 0.708. The molecule has 1 atom stereocenters. The van der Waals surface area contributed by atoms with Crippen molar-refractivity contribution < 1.29 is 14.6 Å². The standard InChI is InChI=1S/C12H14BrNO3.ClH/c13-9-4-3-7(6-10(14)12(15)16)8-2-1-5-17-11(8)9;/h3-4,10H,1-2,5-6,14H2,(H,15,16);1H. The van der Waals surface area contributed by atoms with Gasteiger partial charge < -0.3 is 15.6 Å². The molecule has 4 nitrogen and oxygen atoms in total. The first-order valence-corrected chi connectivity index (χ1v) is 6.30. The number of carboxylic acid groups (broad SMARTS) is 1. The third kappa shape index (κ3) is 3.16. The molecule has 0 aromatic heterocycles. The van der Waals surface area contributed by atoms with Gasteiger partial charge in [-0.3, -0.25) is 4.79 Å². The highest BCUT2D eigenvalue weighted by Gasteiger charge is 2.20. The number of hydrogen-bond donors (Lipinski definition) is 2. The number of benzene rings is 1. The normalized spacial score (nSPS) is 15.0. The van der Waals surface area contributed by atoms with Crippen molar-refractivity contribution in [3.8, 4) is 5.75 Å². The lowest BCUT2D eigenvalue weighted by molar-refractivity contribution is -0.138. The summed E-state index contributed by atoms with van der Waals surface area (Å²) in [5, 5.41) is 8.84. The Morgan fingerprint density at radius 3 is 2.94 bits per heavy atom. The second-order valence-electron chi connectivity index (χ2n) is 4.12. The minimum absolute atomic E-state index is 0. The van der Waals surface area contributed by atoms with E-state index in [1.54, 1.807) is 0 Å². The molecule has 0 fully saturated rings. The number of carbonyl (C=O) groups is 1. The first kappa shape index (κ1) is 15.3. The van der Waals surface area contributed by atoms with Gasteiger partial charge >= 0.3 is 5.97 Å². The fourth-order valence-corrected chi connectivity index (χ4v) is 2.49. The zero-order valence-electron chi connectivity index (χ0n) is 9.69. The molecular weight excluding hydrogens is 321 g/mol. The quantitative estimate of drug-likeness (QED) is 0.887. The number of hydrogen-bond acceptors (Lipinski definition) is 3. The molecule has 0 saturated carbocycles. The van der Waals surface area contributed by atoms with Crippen LogP contribution in [0.15, 0.2) is 16.6 Å². The van der Waals surface area contributed by atoms with Crippen LogP contribution < -0.4 is 10.5 Å². The number of carboxylic acids is 1. The molecule has 100 valence electrons. The van der Waals surface area contributed by atoms with E-state index < -0.39 is 12.0 Å². The summed E-state index contributed by atoms with van der Waals surface area (Å²) in [6, 6.07) is 2.94.